The second kappa shape index (κ2) is 15.9. The number of hydrogen-bond acceptors (Lipinski definition) is 6. The highest BCUT2D eigenvalue weighted by Crippen LogP contribution is 2.23. The van der Waals surface area contributed by atoms with Crippen LogP contribution in [0, 0.1) is 0 Å². The first kappa shape index (κ1) is 32.7. The Bertz CT molecular complexity index is 1340. The molecule has 0 fully saturated rings. The molecule has 2 aromatic carbocycles. The van der Waals surface area contributed by atoms with E-state index < -0.39 is 54.6 Å². The van der Waals surface area contributed by atoms with Gasteiger partial charge in [0.1, 0.15) is 12.1 Å². The van der Waals surface area contributed by atoms with Crippen LogP contribution in [0.25, 0.3) is 11.1 Å². The van der Waals surface area contributed by atoms with Gasteiger partial charge in [-0.25, -0.2) is 0 Å². The molecule has 0 saturated heterocycles. The van der Waals surface area contributed by atoms with Crippen molar-refractivity contribution in [2.45, 2.75) is 51.1 Å². The summed E-state index contributed by atoms with van der Waals surface area (Å²) in [6.07, 6.45) is 0.630. The molecule has 0 bridgehead atoms. The van der Waals surface area contributed by atoms with Crippen molar-refractivity contribution in [1.29, 1.82) is 0 Å². The molecule has 2 atom stereocenters. The molecule has 0 aliphatic rings. The lowest BCUT2D eigenvalue weighted by Gasteiger charge is -2.20. The molecule has 3 amide bonds. The van der Waals surface area contributed by atoms with Crippen LogP contribution in [-0.2, 0) is 24.0 Å². The quantitative estimate of drug-likeness (QED) is 0.199. The predicted octanol–water partition coefficient (Wildman–Crippen LogP) is 2.95. The van der Waals surface area contributed by atoms with Crippen LogP contribution >= 0.6 is 11.6 Å². The molecule has 0 heterocycles. The van der Waals surface area contributed by atoms with Crippen LogP contribution in [0.4, 0.5) is 0 Å². The third-order valence-corrected chi connectivity index (χ3v) is 6.28. The number of aliphatic imine (C=N–C) groups is 1. The van der Waals surface area contributed by atoms with Crippen LogP contribution in [0.2, 0.25) is 5.02 Å². The molecule has 218 valence electrons. The molecule has 2 rings (SSSR count). The van der Waals surface area contributed by atoms with Gasteiger partial charge in [0.25, 0.3) is 0 Å². The van der Waals surface area contributed by atoms with E-state index in [-0.39, 0.29) is 12.8 Å². The number of allylic oxidation sites excluding steroid dienone is 2. The standard InChI is InChI=1S/C29H33ClN4O7/c1-17(14-23(32-2)19-9-7-18(8-10-19)20-4-3-5-21(30)15-20)6-12-25(35)33-24(16-27(38)39)29(41)34-22(28(31)40)11-13-26(36)37/h3-5,7-10,14-15,22,24H,6,11-13,16H2,1-2H3,(H2,31,40)(H,33,35)(H,34,41)(H,36,37)(H,38,39)/b17-14+,32-23?/t22-,24-/m0/s1. The van der Waals surface area contributed by atoms with Crippen molar-refractivity contribution in [3.8, 4) is 11.1 Å². The van der Waals surface area contributed by atoms with E-state index in [2.05, 4.69) is 15.6 Å². The summed E-state index contributed by atoms with van der Waals surface area (Å²) in [5.41, 5.74) is 9.58. The van der Waals surface area contributed by atoms with E-state index in [0.29, 0.717) is 17.2 Å². The monoisotopic (exact) mass is 584 g/mol. The van der Waals surface area contributed by atoms with Crippen molar-refractivity contribution >= 4 is 47.0 Å². The van der Waals surface area contributed by atoms with Gasteiger partial charge in [-0.1, -0.05) is 53.6 Å². The summed E-state index contributed by atoms with van der Waals surface area (Å²) in [4.78, 5) is 63.2. The van der Waals surface area contributed by atoms with E-state index in [9.17, 15) is 29.1 Å². The van der Waals surface area contributed by atoms with Gasteiger partial charge in [-0.3, -0.25) is 29.0 Å². The number of carbonyl (C=O) groups excluding carboxylic acids is 3. The van der Waals surface area contributed by atoms with Crippen LogP contribution in [0.5, 0.6) is 0 Å². The molecule has 41 heavy (non-hydrogen) atoms. The Morgan fingerprint density at radius 2 is 1.61 bits per heavy atom. The number of nitrogens with one attached hydrogen (secondary N) is 2. The maximum Gasteiger partial charge on any atom is 0.305 e. The summed E-state index contributed by atoms with van der Waals surface area (Å²) in [5.74, 6) is -5.07. The lowest BCUT2D eigenvalue weighted by molar-refractivity contribution is -0.141. The van der Waals surface area contributed by atoms with Crippen LogP contribution in [-0.4, -0.2) is 64.7 Å². The number of carboxylic acids is 2. The molecule has 0 aromatic heterocycles. The van der Waals surface area contributed by atoms with Gasteiger partial charge in [0, 0.05) is 24.9 Å². The Hall–Kier alpha value is -4.51. The van der Waals surface area contributed by atoms with Crippen molar-refractivity contribution in [3.63, 3.8) is 0 Å². The van der Waals surface area contributed by atoms with Crippen LogP contribution in [0.1, 0.15) is 44.6 Å². The number of nitrogens with zero attached hydrogens (tertiary/aromatic N) is 1. The average Bonchev–Trinajstić information content (AvgIpc) is 2.92. The maximum absolute atomic E-state index is 12.6. The first-order valence-electron chi connectivity index (χ1n) is 12.7. The summed E-state index contributed by atoms with van der Waals surface area (Å²) in [6, 6.07) is 12.5. The fourth-order valence-electron chi connectivity index (χ4n) is 3.87. The van der Waals surface area contributed by atoms with E-state index >= 15 is 0 Å². The zero-order valence-electron chi connectivity index (χ0n) is 22.7. The smallest absolute Gasteiger partial charge is 0.305 e. The number of amides is 3. The van der Waals surface area contributed by atoms with E-state index in [1.165, 1.54) is 0 Å². The molecule has 12 heteroatoms. The minimum Gasteiger partial charge on any atom is -0.481 e. The Labute approximate surface area is 242 Å². The lowest BCUT2D eigenvalue weighted by Crippen LogP contribution is -2.53. The van der Waals surface area contributed by atoms with Crippen molar-refractivity contribution in [1.82, 2.24) is 10.6 Å². The van der Waals surface area contributed by atoms with Crippen LogP contribution in [0.15, 0.2) is 65.2 Å². The van der Waals surface area contributed by atoms with E-state index in [1.807, 2.05) is 55.5 Å². The Kier molecular flexibility index (Phi) is 12.7. The zero-order chi connectivity index (χ0) is 30.5. The predicted molar refractivity (Wildman–Crippen MR) is 155 cm³/mol. The average molecular weight is 585 g/mol. The number of aliphatic carboxylic acids is 2. The molecule has 0 spiro atoms. The van der Waals surface area contributed by atoms with E-state index in [1.54, 1.807) is 13.1 Å². The van der Waals surface area contributed by atoms with Gasteiger partial charge >= 0.3 is 11.9 Å². The number of carbonyl (C=O) groups is 5. The van der Waals surface area contributed by atoms with Crippen LogP contribution in [0.3, 0.4) is 0 Å². The fourth-order valence-corrected chi connectivity index (χ4v) is 4.06. The molecule has 11 nitrogen and oxygen atoms in total. The molecule has 0 saturated carbocycles. The second-order valence-corrected chi connectivity index (χ2v) is 9.74. The highest BCUT2D eigenvalue weighted by molar-refractivity contribution is 6.30. The van der Waals surface area contributed by atoms with Crippen molar-refractivity contribution in [2.75, 3.05) is 7.05 Å². The molecule has 0 radical (unpaired) electrons. The third-order valence-electron chi connectivity index (χ3n) is 6.05. The summed E-state index contributed by atoms with van der Waals surface area (Å²) in [7, 11) is 1.65. The minimum absolute atomic E-state index is 0.0469. The molecular formula is C29H33ClN4O7. The van der Waals surface area contributed by atoms with E-state index in [4.69, 9.17) is 22.4 Å². The fraction of sp³-hybridized carbons (Fsp3) is 0.310. The van der Waals surface area contributed by atoms with Crippen molar-refractivity contribution in [2.24, 2.45) is 10.7 Å². The van der Waals surface area contributed by atoms with Crippen molar-refractivity contribution < 1.29 is 34.2 Å². The zero-order valence-corrected chi connectivity index (χ0v) is 23.5. The SMILES string of the molecule is CN=C(/C=C(\C)CCC(=O)N[C@@H](CC(=O)O)C(=O)N[C@@H](CCC(=O)O)C(N)=O)c1ccc(-c2cccc(Cl)c2)cc1. The minimum atomic E-state index is -1.48. The summed E-state index contributed by atoms with van der Waals surface area (Å²) in [6.45, 7) is 1.82. The normalized spacial score (nSPS) is 13.1. The van der Waals surface area contributed by atoms with Gasteiger partial charge in [-0.2, -0.15) is 0 Å². The molecule has 6 N–H and O–H groups in total. The third kappa shape index (κ3) is 11.2. The highest BCUT2D eigenvalue weighted by atomic mass is 35.5. The first-order chi connectivity index (χ1) is 19.4. The van der Waals surface area contributed by atoms with Gasteiger partial charge in [-0.05, 0) is 54.7 Å². The summed E-state index contributed by atoms with van der Waals surface area (Å²) >= 11 is 6.09. The number of halogens is 1. The number of hydrogen-bond donors (Lipinski definition) is 5. The molecule has 0 unspecified atom stereocenters. The largest absolute Gasteiger partial charge is 0.481 e. The van der Waals surface area contributed by atoms with Crippen molar-refractivity contribution in [3.05, 3.63) is 70.8 Å². The van der Waals surface area contributed by atoms with Gasteiger partial charge in [0.05, 0.1) is 12.1 Å². The van der Waals surface area contributed by atoms with Gasteiger partial charge < -0.3 is 26.6 Å². The maximum atomic E-state index is 12.6. The lowest BCUT2D eigenvalue weighted by atomic mass is 10.0. The molecule has 2 aromatic rings. The number of benzene rings is 2. The topological polar surface area (TPSA) is 188 Å². The van der Waals surface area contributed by atoms with E-state index in [0.717, 1.165) is 22.3 Å². The number of primary amides is 1. The summed E-state index contributed by atoms with van der Waals surface area (Å²) in [5, 5.41) is 23.2. The highest BCUT2D eigenvalue weighted by Gasteiger charge is 2.27. The summed E-state index contributed by atoms with van der Waals surface area (Å²) < 4.78 is 0. The van der Waals surface area contributed by atoms with Crippen LogP contribution < -0.4 is 16.4 Å². The number of carboxylic acid groups (broad SMARTS) is 2. The first-order valence-corrected chi connectivity index (χ1v) is 13.1. The van der Waals surface area contributed by atoms with Gasteiger partial charge in [0.15, 0.2) is 0 Å². The second-order valence-electron chi connectivity index (χ2n) is 9.30. The van der Waals surface area contributed by atoms with Gasteiger partial charge in [-0.15, -0.1) is 0 Å². The number of nitrogens with two attached hydrogens (primary N) is 1. The van der Waals surface area contributed by atoms with Gasteiger partial charge in [0.2, 0.25) is 17.7 Å². The Morgan fingerprint density at radius 3 is 2.17 bits per heavy atom. The molecular weight excluding hydrogens is 552 g/mol. The number of rotatable bonds is 15. The molecule has 0 aliphatic heterocycles. The Morgan fingerprint density at radius 1 is 0.927 bits per heavy atom. The Balaban J connectivity index is 2.02. The molecule has 0 aliphatic carbocycles.